The number of carbonyl (C=O) groups excluding carboxylic acids is 1. The van der Waals surface area contributed by atoms with E-state index in [2.05, 4.69) is 31.0 Å². The number of methoxy groups -OCH3 is 1. The van der Waals surface area contributed by atoms with Gasteiger partial charge in [0, 0.05) is 21.4 Å². The van der Waals surface area contributed by atoms with Crippen molar-refractivity contribution < 1.29 is 9.53 Å². The third-order valence-electron chi connectivity index (χ3n) is 2.38. The molecule has 0 fully saturated rings. The number of nitrogens with one attached hydrogen (secondary N) is 1. The van der Waals surface area contributed by atoms with Crippen LogP contribution in [0.4, 0.5) is 5.82 Å². The molecular weight excluding hydrogens is 284 g/mol. The van der Waals surface area contributed by atoms with Gasteiger partial charge in [0.05, 0.1) is 7.11 Å². The molecule has 1 aromatic carbocycles. The van der Waals surface area contributed by atoms with Gasteiger partial charge in [0.25, 0.3) is 0 Å². The number of halogens is 1. The van der Waals surface area contributed by atoms with Gasteiger partial charge in [0.2, 0.25) is 0 Å². The summed E-state index contributed by atoms with van der Waals surface area (Å²) < 4.78 is 5.57. The number of carbonyl (C=O) groups is 1. The molecule has 0 radical (unpaired) electrons. The summed E-state index contributed by atoms with van der Waals surface area (Å²) in [4.78, 5) is 15.3. The summed E-state index contributed by atoms with van der Waals surface area (Å²) in [5, 5.41) is 4.97. The fourth-order valence-electron chi connectivity index (χ4n) is 1.54. The summed E-state index contributed by atoms with van der Waals surface area (Å²) in [7, 11) is 1.36. The lowest BCUT2D eigenvalue weighted by Gasteiger charge is -2.08. The summed E-state index contributed by atoms with van der Waals surface area (Å²) in [5.74, 6) is 0.355. The third-order valence-corrected chi connectivity index (χ3v) is 3.07. The molecule has 0 aliphatic rings. The highest BCUT2D eigenvalue weighted by Gasteiger charge is 2.06. The van der Waals surface area contributed by atoms with Crippen LogP contribution in [0.1, 0.15) is 0 Å². The molecule has 4 nitrogen and oxygen atoms in total. The standard InChI is InChI=1S/C12H11BrN2O2/c1-17-11(16)7-15-12-9-3-2-4-10(13)8(9)5-6-14-12/h2-6H,7H2,1H3,(H,14,15). The molecule has 5 heteroatoms. The summed E-state index contributed by atoms with van der Waals surface area (Å²) in [6.07, 6.45) is 1.70. The minimum Gasteiger partial charge on any atom is -0.468 e. The summed E-state index contributed by atoms with van der Waals surface area (Å²) >= 11 is 3.48. The molecule has 0 aliphatic carbocycles. The average molecular weight is 295 g/mol. The molecule has 0 atom stereocenters. The van der Waals surface area contributed by atoms with Crippen molar-refractivity contribution in [2.75, 3.05) is 19.0 Å². The fourth-order valence-corrected chi connectivity index (χ4v) is 2.04. The van der Waals surface area contributed by atoms with Crippen LogP contribution >= 0.6 is 15.9 Å². The van der Waals surface area contributed by atoms with Gasteiger partial charge in [0.1, 0.15) is 12.4 Å². The molecule has 2 rings (SSSR count). The molecule has 0 aliphatic heterocycles. The number of fused-ring (bicyclic) bond motifs is 1. The zero-order chi connectivity index (χ0) is 12.3. The van der Waals surface area contributed by atoms with E-state index in [1.54, 1.807) is 6.20 Å². The number of hydrogen-bond donors (Lipinski definition) is 1. The SMILES string of the molecule is COC(=O)CNc1nccc2c(Br)cccc12. The Labute approximate surface area is 107 Å². The second kappa shape index (κ2) is 5.14. The summed E-state index contributed by atoms with van der Waals surface area (Å²) in [6.45, 7) is 0.106. The van der Waals surface area contributed by atoms with Crippen molar-refractivity contribution in [1.82, 2.24) is 4.98 Å². The Bertz CT molecular complexity index is 557. The third kappa shape index (κ3) is 2.55. The molecule has 0 saturated carbocycles. The Kier molecular flexibility index (Phi) is 3.58. The maximum atomic E-state index is 11.1. The van der Waals surface area contributed by atoms with Crippen LogP contribution in [0, 0.1) is 0 Å². The second-order valence-corrected chi connectivity index (χ2v) is 4.28. The molecule has 0 saturated heterocycles. The van der Waals surface area contributed by atoms with Gasteiger partial charge < -0.3 is 10.1 Å². The minimum atomic E-state index is -0.321. The number of aromatic nitrogens is 1. The lowest BCUT2D eigenvalue weighted by atomic mass is 10.1. The Hall–Kier alpha value is -1.62. The Morgan fingerprint density at radius 2 is 2.24 bits per heavy atom. The predicted octanol–water partition coefficient (Wildman–Crippen LogP) is 2.58. The van der Waals surface area contributed by atoms with Gasteiger partial charge in [-0.3, -0.25) is 4.79 Å². The van der Waals surface area contributed by atoms with Gasteiger partial charge in [-0.15, -0.1) is 0 Å². The monoisotopic (exact) mass is 294 g/mol. The van der Waals surface area contributed by atoms with Crippen molar-refractivity contribution in [1.29, 1.82) is 0 Å². The number of ether oxygens (including phenoxy) is 1. The first-order valence-electron chi connectivity index (χ1n) is 5.06. The number of esters is 1. The molecule has 0 bridgehead atoms. The summed E-state index contributed by atoms with van der Waals surface area (Å²) in [5.41, 5.74) is 0. The molecule has 17 heavy (non-hydrogen) atoms. The van der Waals surface area contributed by atoms with Gasteiger partial charge in [-0.05, 0) is 12.1 Å². The largest absolute Gasteiger partial charge is 0.468 e. The number of benzene rings is 1. The lowest BCUT2D eigenvalue weighted by molar-refractivity contribution is -0.138. The summed E-state index contributed by atoms with van der Waals surface area (Å²) in [6, 6.07) is 7.76. The van der Waals surface area contributed by atoms with E-state index in [1.807, 2.05) is 24.3 Å². The molecule has 88 valence electrons. The van der Waals surface area contributed by atoms with E-state index in [1.165, 1.54) is 7.11 Å². The first-order valence-corrected chi connectivity index (χ1v) is 5.85. The minimum absolute atomic E-state index is 0.106. The highest BCUT2D eigenvalue weighted by atomic mass is 79.9. The van der Waals surface area contributed by atoms with E-state index in [4.69, 9.17) is 0 Å². The average Bonchev–Trinajstić information content (AvgIpc) is 2.36. The number of nitrogens with zero attached hydrogens (tertiary/aromatic N) is 1. The van der Waals surface area contributed by atoms with Crippen LogP contribution in [0.15, 0.2) is 34.9 Å². The van der Waals surface area contributed by atoms with Gasteiger partial charge >= 0.3 is 5.97 Å². The Morgan fingerprint density at radius 1 is 1.41 bits per heavy atom. The second-order valence-electron chi connectivity index (χ2n) is 3.42. The molecule has 1 N–H and O–H groups in total. The van der Waals surface area contributed by atoms with E-state index in [9.17, 15) is 4.79 Å². The van der Waals surface area contributed by atoms with Crippen LogP contribution in [-0.2, 0) is 9.53 Å². The quantitative estimate of drug-likeness (QED) is 0.884. The van der Waals surface area contributed by atoms with Gasteiger partial charge in [0.15, 0.2) is 0 Å². The van der Waals surface area contributed by atoms with Crippen molar-refractivity contribution in [2.45, 2.75) is 0 Å². The topological polar surface area (TPSA) is 51.2 Å². The molecule has 1 aromatic heterocycles. The zero-order valence-corrected chi connectivity index (χ0v) is 10.8. The van der Waals surface area contributed by atoms with Crippen LogP contribution in [0.2, 0.25) is 0 Å². The maximum absolute atomic E-state index is 11.1. The maximum Gasteiger partial charge on any atom is 0.325 e. The van der Waals surface area contributed by atoms with E-state index in [0.29, 0.717) is 5.82 Å². The van der Waals surface area contributed by atoms with E-state index < -0.39 is 0 Å². The van der Waals surface area contributed by atoms with Crippen molar-refractivity contribution in [3.63, 3.8) is 0 Å². The number of pyridine rings is 1. The Balaban J connectivity index is 2.34. The van der Waals surface area contributed by atoms with Crippen molar-refractivity contribution in [2.24, 2.45) is 0 Å². The number of hydrogen-bond acceptors (Lipinski definition) is 4. The van der Waals surface area contributed by atoms with Crippen LogP contribution in [0.25, 0.3) is 10.8 Å². The number of rotatable bonds is 3. The Morgan fingerprint density at radius 3 is 3.00 bits per heavy atom. The van der Waals surface area contributed by atoms with Gasteiger partial charge in [-0.2, -0.15) is 0 Å². The lowest BCUT2D eigenvalue weighted by Crippen LogP contribution is -2.15. The predicted molar refractivity (Wildman–Crippen MR) is 69.9 cm³/mol. The zero-order valence-electron chi connectivity index (χ0n) is 9.24. The van der Waals surface area contributed by atoms with Gasteiger partial charge in [-0.25, -0.2) is 4.98 Å². The molecule has 0 unspecified atom stereocenters. The molecule has 1 heterocycles. The van der Waals surface area contributed by atoms with Crippen LogP contribution in [-0.4, -0.2) is 24.6 Å². The molecule has 0 amide bonds. The normalized spacial score (nSPS) is 10.2. The number of anilines is 1. The fraction of sp³-hybridized carbons (Fsp3) is 0.167. The van der Waals surface area contributed by atoms with Crippen LogP contribution < -0.4 is 5.32 Å². The van der Waals surface area contributed by atoms with Gasteiger partial charge in [-0.1, -0.05) is 28.1 Å². The highest BCUT2D eigenvalue weighted by Crippen LogP contribution is 2.27. The first kappa shape index (κ1) is 11.9. The van der Waals surface area contributed by atoms with Crippen molar-refractivity contribution >= 4 is 38.5 Å². The van der Waals surface area contributed by atoms with Crippen molar-refractivity contribution in [3.05, 3.63) is 34.9 Å². The smallest absolute Gasteiger partial charge is 0.325 e. The first-order chi connectivity index (χ1) is 8.22. The van der Waals surface area contributed by atoms with E-state index in [0.717, 1.165) is 15.2 Å². The van der Waals surface area contributed by atoms with Crippen molar-refractivity contribution in [3.8, 4) is 0 Å². The molecular formula is C12H11BrN2O2. The highest BCUT2D eigenvalue weighted by molar-refractivity contribution is 9.10. The van der Waals surface area contributed by atoms with Crippen LogP contribution in [0.3, 0.4) is 0 Å². The van der Waals surface area contributed by atoms with Crippen LogP contribution in [0.5, 0.6) is 0 Å². The van der Waals surface area contributed by atoms with E-state index in [-0.39, 0.29) is 12.5 Å². The van der Waals surface area contributed by atoms with E-state index >= 15 is 0 Å². The molecule has 2 aromatic rings. The molecule has 0 spiro atoms.